The zero-order chi connectivity index (χ0) is 17.9. The molecule has 2 aliphatic rings. The SMILES string of the molecule is Cl.O=C(O)[C@@H](Cc1cccc(Nc2ccc3c(c2)CCC3)c1)[C@H]1CCNC1. The Morgan fingerprint density at radius 3 is 2.74 bits per heavy atom. The monoisotopic (exact) mass is 386 g/mol. The van der Waals surface area contributed by atoms with Gasteiger partial charge in [-0.3, -0.25) is 4.79 Å². The van der Waals surface area contributed by atoms with Gasteiger partial charge in [0.25, 0.3) is 0 Å². The van der Waals surface area contributed by atoms with Gasteiger partial charge in [0.1, 0.15) is 0 Å². The number of rotatable bonds is 6. The number of carbonyl (C=O) groups is 1. The van der Waals surface area contributed by atoms with E-state index in [0.29, 0.717) is 6.42 Å². The van der Waals surface area contributed by atoms with E-state index in [0.717, 1.165) is 36.4 Å². The molecule has 1 saturated heterocycles. The third-order valence-corrected chi connectivity index (χ3v) is 5.75. The van der Waals surface area contributed by atoms with Crippen LogP contribution in [-0.4, -0.2) is 24.2 Å². The Hall–Kier alpha value is -2.04. The molecular formula is C22H27ClN2O2. The van der Waals surface area contributed by atoms with Crippen LogP contribution >= 0.6 is 12.4 Å². The molecule has 2 aromatic carbocycles. The van der Waals surface area contributed by atoms with E-state index in [-0.39, 0.29) is 24.2 Å². The van der Waals surface area contributed by atoms with Crippen LogP contribution in [0.4, 0.5) is 11.4 Å². The summed E-state index contributed by atoms with van der Waals surface area (Å²) >= 11 is 0. The number of carboxylic acids is 1. The molecule has 0 amide bonds. The molecule has 2 aromatic rings. The maximum absolute atomic E-state index is 11.7. The Labute approximate surface area is 166 Å². The number of halogens is 1. The summed E-state index contributed by atoms with van der Waals surface area (Å²) in [7, 11) is 0. The highest BCUT2D eigenvalue weighted by Gasteiger charge is 2.30. The van der Waals surface area contributed by atoms with E-state index in [2.05, 4.69) is 34.9 Å². The van der Waals surface area contributed by atoms with E-state index in [4.69, 9.17) is 0 Å². The quantitative estimate of drug-likeness (QED) is 0.696. The molecule has 144 valence electrons. The minimum Gasteiger partial charge on any atom is -0.481 e. The number of carboxylic acid groups (broad SMARTS) is 1. The number of hydrogen-bond acceptors (Lipinski definition) is 3. The summed E-state index contributed by atoms with van der Waals surface area (Å²) in [5.74, 6) is -0.781. The van der Waals surface area contributed by atoms with E-state index in [1.54, 1.807) is 0 Å². The topological polar surface area (TPSA) is 61.4 Å². The summed E-state index contributed by atoms with van der Waals surface area (Å²) in [5.41, 5.74) is 6.13. The molecule has 0 bridgehead atoms. The summed E-state index contributed by atoms with van der Waals surface area (Å²) in [6, 6.07) is 14.8. The lowest BCUT2D eigenvalue weighted by Gasteiger charge is -2.19. The van der Waals surface area contributed by atoms with Crippen LogP contribution in [0.3, 0.4) is 0 Å². The van der Waals surface area contributed by atoms with Crippen LogP contribution in [0.15, 0.2) is 42.5 Å². The van der Waals surface area contributed by atoms with Crippen LogP contribution in [0, 0.1) is 11.8 Å². The number of aliphatic carboxylic acids is 1. The van der Waals surface area contributed by atoms with Gasteiger partial charge in [-0.2, -0.15) is 0 Å². The largest absolute Gasteiger partial charge is 0.481 e. The summed E-state index contributed by atoms with van der Waals surface area (Å²) in [6.45, 7) is 1.73. The third kappa shape index (κ3) is 4.63. The lowest BCUT2D eigenvalue weighted by Crippen LogP contribution is -2.27. The minimum atomic E-state index is -0.685. The van der Waals surface area contributed by atoms with E-state index in [1.807, 2.05) is 18.2 Å². The van der Waals surface area contributed by atoms with E-state index < -0.39 is 5.97 Å². The summed E-state index contributed by atoms with van der Waals surface area (Å²) in [4.78, 5) is 11.7. The van der Waals surface area contributed by atoms with Crippen LogP contribution < -0.4 is 10.6 Å². The fourth-order valence-electron chi connectivity index (χ4n) is 4.32. The number of benzene rings is 2. The highest BCUT2D eigenvalue weighted by molar-refractivity contribution is 5.85. The van der Waals surface area contributed by atoms with Gasteiger partial charge in [-0.25, -0.2) is 0 Å². The highest BCUT2D eigenvalue weighted by Crippen LogP contribution is 2.28. The molecule has 0 saturated carbocycles. The van der Waals surface area contributed by atoms with Gasteiger partial charge in [0.2, 0.25) is 0 Å². The zero-order valence-electron chi connectivity index (χ0n) is 15.4. The van der Waals surface area contributed by atoms with Crippen molar-refractivity contribution in [2.75, 3.05) is 18.4 Å². The standard InChI is InChI=1S/C22H26N2O2.ClH/c25-22(26)21(18-9-10-23-14-18)12-15-3-1-6-19(11-15)24-20-8-7-16-4-2-5-17(16)13-20;/h1,3,6-8,11,13,18,21,23-24H,2,4-5,9-10,12,14H2,(H,25,26);1H/t18-,21-;/m0./s1. The smallest absolute Gasteiger partial charge is 0.307 e. The molecule has 0 aromatic heterocycles. The number of fused-ring (bicyclic) bond motifs is 1. The van der Waals surface area contributed by atoms with Crippen molar-refractivity contribution in [3.63, 3.8) is 0 Å². The normalized spacial score (nSPS) is 19.2. The maximum Gasteiger partial charge on any atom is 0.307 e. The first-order valence-corrected chi connectivity index (χ1v) is 9.60. The van der Waals surface area contributed by atoms with Crippen molar-refractivity contribution in [3.05, 3.63) is 59.2 Å². The van der Waals surface area contributed by atoms with Gasteiger partial charge >= 0.3 is 5.97 Å². The van der Waals surface area contributed by atoms with Crippen LogP contribution in [0.25, 0.3) is 0 Å². The van der Waals surface area contributed by atoms with E-state index in [1.165, 1.54) is 30.4 Å². The van der Waals surface area contributed by atoms with Crippen molar-refractivity contribution >= 4 is 29.8 Å². The van der Waals surface area contributed by atoms with Gasteiger partial charge in [0.05, 0.1) is 5.92 Å². The van der Waals surface area contributed by atoms with Crippen molar-refractivity contribution in [1.29, 1.82) is 0 Å². The van der Waals surface area contributed by atoms with Crippen LogP contribution in [0.1, 0.15) is 29.5 Å². The molecule has 5 heteroatoms. The Balaban J connectivity index is 0.00000210. The molecular weight excluding hydrogens is 360 g/mol. The molecule has 27 heavy (non-hydrogen) atoms. The average Bonchev–Trinajstić information content (AvgIpc) is 3.31. The number of hydrogen-bond donors (Lipinski definition) is 3. The van der Waals surface area contributed by atoms with Gasteiger partial charge in [-0.1, -0.05) is 18.2 Å². The van der Waals surface area contributed by atoms with Gasteiger partial charge in [-0.05, 0) is 92.1 Å². The minimum absolute atomic E-state index is 0. The molecule has 1 aliphatic heterocycles. The summed E-state index contributed by atoms with van der Waals surface area (Å²) in [6.07, 6.45) is 5.14. The van der Waals surface area contributed by atoms with Crippen LogP contribution in [0.5, 0.6) is 0 Å². The van der Waals surface area contributed by atoms with E-state index in [9.17, 15) is 9.90 Å². The first kappa shape index (κ1) is 19.7. The molecule has 1 aliphatic carbocycles. The van der Waals surface area contributed by atoms with E-state index >= 15 is 0 Å². The summed E-state index contributed by atoms with van der Waals surface area (Å²) < 4.78 is 0. The first-order valence-electron chi connectivity index (χ1n) is 9.60. The van der Waals surface area contributed by atoms with Gasteiger partial charge in [0, 0.05) is 11.4 Å². The van der Waals surface area contributed by atoms with Gasteiger partial charge < -0.3 is 15.7 Å². The second kappa shape index (κ2) is 8.77. The molecule has 1 heterocycles. The Bertz CT molecular complexity index is 803. The Morgan fingerprint density at radius 1 is 1.15 bits per heavy atom. The lowest BCUT2D eigenvalue weighted by atomic mass is 9.86. The number of nitrogens with one attached hydrogen (secondary N) is 2. The fraction of sp³-hybridized carbons (Fsp3) is 0.409. The molecule has 4 nitrogen and oxygen atoms in total. The van der Waals surface area contributed by atoms with Crippen molar-refractivity contribution in [2.24, 2.45) is 11.8 Å². The van der Waals surface area contributed by atoms with Crippen molar-refractivity contribution < 1.29 is 9.90 Å². The second-order valence-electron chi connectivity index (χ2n) is 7.56. The molecule has 0 unspecified atom stereocenters. The molecule has 4 rings (SSSR count). The first-order chi connectivity index (χ1) is 12.7. The van der Waals surface area contributed by atoms with Crippen molar-refractivity contribution in [2.45, 2.75) is 32.1 Å². The zero-order valence-corrected chi connectivity index (χ0v) is 16.2. The van der Waals surface area contributed by atoms with Gasteiger partial charge in [0.15, 0.2) is 0 Å². The lowest BCUT2D eigenvalue weighted by molar-refractivity contribution is -0.143. The molecule has 1 fully saturated rings. The van der Waals surface area contributed by atoms with Crippen LogP contribution in [-0.2, 0) is 24.1 Å². The highest BCUT2D eigenvalue weighted by atomic mass is 35.5. The second-order valence-corrected chi connectivity index (χ2v) is 7.56. The molecule has 0 spiro atoms. The molecule has 0 radical (unpaired) electrons. The van der Waals surface area contributed by atoms with Crippen molar-refractivity contribution in [3.8, 4) is 0 Å². The number of aryl methyl sites for hydroxylation is 2. The predicted octanol–water partition coefficient (Wildman–Crippen LogP) is 4.19. The van der Waals surface area contributed by atoms with Crippen LogP contribution in [0.2, 0.25) is 0 Å². The Kier molecular flexibility index (Phi) is 6.40. The maximum atomic E-state index is 11.7. The Morgan fingerprint density at radius 2 is 1.96 bits per heavy atom. The fourth-order valence-corrected chi connectivity index (χ4v) is 4.32. The average molecular weight is 387 g/mol. The number of anilines is 2. The summed E-state index contributed by atoms with van der Waals surface area (Å²) in [5, 5.41) is 16.4. The van der Waals surface area contributed by atoms with Gasteiger partial charge in [-0.15, -0.1) is 12.4 Å². The van der Waals surface area contributed by atoms with Crippen molar-refractivity contribution in [1.82, 2.24) is 5.32 Å². The third-order valence-electron chi connectivity index (χ3n) is 5.75. The molecule has 3 N–H and O–H groups in total. The predicted molar refractivity (Wildman–Crippen MR) is 111 cm³/mol. The molecule has 2 atom stereocenters.